The van der Waals surface area contributed by atoms with E-state index >= 15 is 0 Å². The van der Waals surface area contributed by atoms with Gasteiger partial charge < -0.3 is 10.6 Å². The van der Waals surface area contributed by atoms with Crippen molar-refractivity contribution < 1.29 is 4.79 Å². The molecule has 2 rings (SSSR count). The smallest absolute Gasteiger partial charge is 0.272 e. The van der Waals surface area contributed by atoms with Crippen molar-refractivity contribution in [2.24, 2.45) is 0 Å². The summed E-state index contributed by atoms with van der Waals surface area (Å²) < 4.78 is 0. The maximum absolute atomic E-state index is 12.0. The van der Waals surface area contributed by atoms with Gasteiger partial charge in [0.1, 0.15) is 11.5 Å². The molecule has 0 spiro atoms. The summed E-state index contributed by atoms with van der Waals surface area (Å²) in [6.07, 6.45) is 0. The van der Waals surface area contributed by atoms with Gasteiger partial charge in [-0.05, 0) is 12.1 Å². The van der Waals surface area contributed by atoms with E-state index in [0.29, 0.717) is 11.5 Å². The Morgan fingerprint density at radius 2 is 2.06 bits per heavy atom. The number of nitrogens with two attached hydrogens (primary N) is 1. The van der Waals surface area contributed by atoms with Crippen LogP contribution in [0.3, 0.4) is 0 Å². The number of halogens is 1. The lowest BCUT2D eigenvalue weighted by atomic mass is 10.3. The molecule has 2 N–H and O–H groups in total. The maximum Gasteiger partial charge on any atom is 0.272 e. The fourth-order valence-electron chi connectivity index (χ4n) is 1.50. The summed E-state index contributed by atoms with van der Waals surface area (Å²) in [6.45, 7) is 1.61. The van der Waals surface area contributed by atoms with Gasteiger partial charge >= 0.3 is 0 Å². The third-order valence-corrected chi connectivity index (χ3v) is 3.23. The predicted octanol–water partition coefficient (Wildman–Crippen LogP) is 1.27. The van der Waals surface area contributed by atoms with Crippen LogP contribution in [-0.2, 0) is 0 Å². The van der Waals surface area contributed by atoms with Crippen LogP contribution in [0.4, 0.5) is 5.82 Å². The number of amides is 1. The normalized spacial score (nSPS) is 15.4. The highest BCUT2D eigenvalue weighted by Gasteiger charge is 2.19. The molecule has 2 heterocycles. The molecular weight excluding hydrogens is 246 g/mol. The van der Waals surface area contributed by atoms with Crippen LogP contribution in [0.2, 0.25) is 0 Å². The Kier molecular flexibility index (Phi) is 4.89. The van der Waals surface area contributed by atoms with Gasteiger partial charge in [0, 0.05) is 24.6 Å². The highest BCUT2D eigenvalue weighted by atomic mass is 35.5. The number of nitrogens with zero attached hydrogens (tertiary/aromatic N) is 2. The Labute approximate surface area is 105 Å². The maximum atomic E-state index is 12.0. The Bertz CT molecular complexity index is 369. The number of carbonyl (C=O) groups is 1. The molecule has 1 aromatic rings. The second-order valence-electron chi connectivity index (χ2n) is 3.35. The minimum atomic E-state index is -0.0115. The fourth-order valence-corrected chi connectivity index (χ4v) is 2.40. The third kappa shape index (κ3) is 3.02. The first-order valence-electron chi connectivity index (χ1n) is 4.87. The number of carbonyl (C=O) groups excluding carboxylic acids is 1. The van der Waals surface area contributed by atoms with Gasteiger partial charge in [-0.2, -0.15) is 11.8 Å². The van der Waals surface area contributed by atoms with Crippen molar-refractivity contribution in [2.75, 3.05) is 30.3 Å². The lowest BCUT2D eigenvalue weighted by Gasteiger charge is -2.25. The van der Waals surface area contributed by atoms with Gasteiger partial charge in [-0.1, -0.05) is 6.07 Å². The first kappa shape index (κ1) is 13.1. The highest BCUT2D eigenvalue weighted by molar-refractivity contribution is 7.99. The molecule has 0 radical (unpaired) electrons. The van der Waals surface area contributed by atoms with Crippen LogP contribution in [0.1, 0.15) is 10.5 Å². The zero-order valence-corrected chi connectivity index (χ0v) is 10.4. The molecule has 0 bridgehead atoms. The van der Waals surface area contributed by atoms with E-state index in [1.165, 1.54) is 0 Å². The van der Waals surface area contributed by atoms with Crippen molar-refractivity contribution in [1.29, 1.82) is 0 Å². The van der Waals surface area contributed by atoms with Crippen LogP contribution in [0.5, 0.6) is 0 Å². The first-order valence-corrected chi connectivity index (χ1v) is 6.02. The van der Waals surface area contributed by atoms with Crippen molar-refractivity contribution in [2.45, 2.75) is 0 Å². The number of thioether (sulfide) groups is 1. The van der Waals surface area contributed by atoms with Crippen molar-refractivity contribution in [3.8, 4) is 0 Å². The molecule has 1 saturated heterocycles. The molecule has 88 valence electrons. The number of pyridine rings is 1. The summed E-state index contributed by atoms with van der Waals surface area (Å²) in [5.74, 6) is 2.40. The average molecular weight is 260 g/mol. The van der Waals surface area contributed by atoms with Crippen LogP contribution >= 0.6 is 24.2 Å². The lowest BCUT2D eigenvalue weighted by Crippen LogP contribution is -2.38. The summed E-state index contributed by atoms with van der Waals surface area (Å²) in [4.78, 5) is 17.8. The molecule has 0 atom stereocenters. The SMILES string of the molecule is Cl.Nc1cccc(C(=O)N2CCSCC2)n1. The minimum absolute atomic E-state index is 0. The standard InChI is InChI=1S/C10H13N3OS.ClH/c11-9-3-1-2-8(12-9)10(14)13-4-6-15-7-5-13;/h1-3H,4-7H2,(H2,11,12);1H. The van der Waals surface area contributed by atoms with E-state index in [9.17, 15) is 4.79 Å². The van der Waals surface area contributed by atoms with Crippen LogP contribution in [0.15, 0.2) is 18.2 Å². The van der Waals surface area contributed by atoms with E-state index in [4.69, 9.17) is 5.73 Å². The number of aromatic nitrogens is 1. The quantitative estimate of drug-likeness (QED) is 0.825. The lowest BCUT2D eigenvalue weighted by molar-refractivity contribution is 0.0766. The van der Waals surface area contributed by atoms with E-state index in [2.05, 4.69) is 4.98 Å². The van der Waals surface area contributed by atoms with E-state index in [0.717, 1.165) is 24.6 Å². The number of nitrogen functional groups attached to an aromatic ring is 1. The van der Waals surface area contributed by atoms with Crippen molar-refractivity contribution in [3.63, 3.8) is 0 Å². The summed E-state index contributed by atoms with van der Waals surface area (Å²) in [5.41, 5.74) is 5.99. The predicted molar refractivity (Wildman–Crippen MR) is 69.1 cm³/mol. The number of hydrogen-bond donors (Lipinski definition) is 1. The molecule has 1 aromatic heterocycles. The molecule has 0 unspecified atom stereocenters. The Balaban J connectivity index is 0.00000128. The van der Waals surface area contributed by atoms with Gasteiger partial charge in [-0.25, -0.2) is 4.98 Å². The molecule has 4 nitrogen and oxygen atoms in total. The summed E-state index contributed by atoms with van der Waals surface area (Å²) in [6, 6.07) is 5.15. The molecule has 16 heavy (non-hydrogen) atoms. The van der Waals surface area contributed by atoms with Crippen molar-refractivity contribution in [3.05, 3.63) is 23.9 Å². The Hall–Kier alpha value is -0.940. The number of rotatable bonds is 1. The monoisotopic (exact) mass is 259 g/mol. The van der Waals surface area contributed by atoms with Gasteiger partial charge in [-0.3, -0.25) is 4.79 Å². The van der Waals surface area contributed by atoms with Crippen LogP contribution in [0, 0.1) is 0 Å². The van der Waals surface area contributed by atoms with Crippen LogP contribution in [0.25, 0.3) is 0 Å². The van der Waals surface area contributed by atoms with Gasteiger partial charge in [0.2, 0.25) is 0 Å². The van der Waals surface area contributed by atoms with E-state index in [1.807, 2.05) is 16.7 Å². The first-order chi connectivity index (χ1) is 7.27. The van der Waals surface area contributed by atoms with Gasteiger partial charge in [0.05, 0.1) is 0 Å². The highest BCUT2D eigenvalue weighted by Crippen LogP contribution is 2.12. The molecule has 1 amide bonds. The molecule has 1 aliphatic heterocycles. The van der Waals surface area contributed by atoms with Crippen molar-refractivity contribution >= 4 is 35.9 Å². The Morgan fingerprint density at radius 3 is 2.69 bits per heavy atom. The topological polar surface area (TPSA) is 59.2 Å². The van der Waals surface area contributed by atoms with E-state index in [-0.39, 0.29) is 18.3 Å². The molecule has 0 aliphatic carbocycles. The van der Waals surface area contributed by atoms with Crippen LogP contribution < -0.4 is 5.73 Å². The molecule has 0 saturated carbocycles. The van der Waals surface area contributed by atoms with E-state index < -0.39 is 0 Å². The van der Waals surface area contributed by atoms with Gasteiger partial charge in [0.15, 0.2) is 0 Å². The summed E-state index contributed by atoms with van der Waals surface area (Å²) in [7, 11) is 0. The second-order valence-corrected chi connectivity index (χ2v) is 4.58. The minimum Gasteiger partial charge on any atom is -0.384 e. The third-order valence-electron chi connectivity index (χ3n) is 2.29. The van der Waals surface area contributed by atoms with E-state index in [1.54, 1.807) is 18.2 Å². The molecule has 1 aliphatic rings. The molecule has 0 aromatic carbocycles. The molecule has 6 heteroatoms. The molecular formula is C10H14ClN3OS. The summed E-state index contributed by atoms with van der Waals surface area (Å²) >= 11 is 1.88. The van der Waals surface area contributed by atoms with Crippen molar-refractivity contribution in [1.82, 2.24) is 9.88 Å². The van der Waals surface area contributed by atoms with Crippen LogP contribution in [-0.4, -0.2) is 40.4 Å². The average Bonchev–Trinajstić information content (AvgIpc) is 2.29. The largest absolute Gasteiger partial charge is 0.384 e. The second kappa shape index (κ2) is 5.96. The van der Waals surface area contributed by atoms with Gasteiger partial charge in [-0.15, -0.1) is 12.4 Å². The fraction of sp³-hybridized carbons (Fsp3) is 0.400. The molecule has 1 fully saturated rings. The number of anilines is 1. The zero-order chi connectivity index (χ0) is 10.7. The number of hydrogen-bond acceptors (Lipinski definition) is 4. The van der Waals surface area contributed by atoms with Gasteiger partial charge in [0.25, 0.3) is 5.91 Å². The summed E-state index contributed by atoms with van der Waals surface area (Å²) in [5, 5.41) is 0. The zero-order valence-electron chi connectivity index (χ0n) is 8.76. The Morgan fingerprint density at radius 1 is 1.38 bits per heavy atom.